The summed E-state index contributed by atoms with van der Waals surface area (Å²) < 4.78 is 19.5. The van der Waals surface area contributed by atoms with Gasteiger partial charge in [0, 0.05) is 0 Å². The third kappa shape index (κ3) is 6.58. The Labute approximate surface area is 203 Å². The maximum atomic E-state index is 13.6. The minimum Gasteiger partial charge on any atom is -0.518 e. The molecular formula is C28H46O4Si. The van der Waals surface area contributed by atoms with Crippen LogP contribution in [0.25, 0.3) is 0 Å². The van der Waals surface area contributed by atoms with Gasteiger partial charge in [-0.05, 0) is 55.3 Å². The molecule has 0 saturated carbocycles. The minimum absolute atomic E-state index is 0.140. The fraction of sp³-hybridized carbons (Fsp3) is 0.679. The van der Waals surface area contributed by atoms with Gasteiger partial charge in [-0.1, -0.05) is 78.0 Å². The Morgan fingerprint density at radius 3 is 2.21 bits per heavy atom. The highest BCUT2D eigenvalue weighted by Gasteiger charge is 2.50. The second kappa shape index (κ2) is 11.8. The van der Waals surface area contributed by atoms with Crippen LogP contribution >= 0.6 is 0 Å². The van der Waals surface area contributed by atoms with E-state index in [1.807, 2.05) is 31.2 Å². The summed E-state index contributed by atoms with van der Waals surface area (Å²) in [7, 11) is -2.32. The predicted molar refractivity (Wildman–Crippen MR) is 139 cm³/mol. The van der Waals surface area contributed by atoms with Crippen LogP contribution in [0.3, 0.4) is 0 Å². The molecular weight excluding hydrogens is 428 g/mol. The van der Waals surface area contributed by atoms with Gasteiger partial charge in [0.1, 0.15) is 0 Å². The molecule has 4 nitrogen and oxygen atoms in total. The van der Waals surface area contributed by atoms with Crippen molar-refractivity contribution in [2.45, 2.75) is 116 Å². The maximum Gasteiger partial charge on any atom is 0.298 e. The van der Waals surface area contributed by atoms with Crippen LogP contribution in [0.4, 0.5) is 0 Å². The van der Waals surface area contributed by atoms with Gasteiger partial charge < -0.3 is 13.9 Å². The molecule has 1 fully saturated rings. The third-order valence-electron chi connectivity index (χ3n) is 7.48. The summed E-state index contributed by atoms with van der Waals surface area (Å²) in [6.45, 7) is 21.7. The Bertz CT molecular complexity index is 739. The quantitative estimate of drug-likeness (QED) is 0.247. The maximum absolute atomic E-state index is 13.6. The summed E-state index contributed by atoms with van der Waals surface area (Å²) in [6, 6.07) is 10.2. The van der Waals surface area contributed by atoms with Crippen LogP contribution in [0, 0.1) is 5.92 Å². The largest absolute Gasteiger partial charge is 0.518 e. The molecule has 0 unspecified atom stereocenters. The molecule has 0 aliphatic carbocycles. The first-order chi connectivity index (χ1) is 15.5. The van der Waals surface area contributed by atoms with E-state index in [2.05, 4.69) is 67.2 Å². The summed E-state index contributed by atoms with van der Waals surface area (Å²) in [5, 5.41) is 0. The highest BCUT2D eigenvalue weighted by atomic mass is 28.4. The van der Waals surface area contributed by atoms with Crippen LogP contribution in [0.2, 0.25) is 16.6 Å². The Morgan fingerprint density at radius 1 is 1.12 bits per heavy atom. The van der Waals surface area contributed by atoms with Gasteiger partial charge in [0.05, 0.1) is 30.3 Å². The van der Waals surface area contributed by atoms with Crippen molar-refractivity contribution >= 4 is 14.3 Å². The highest BCUT2D eigenvalue weighted by Crippen LogP contribution is 2.44. The summed E-state index contributed by atoms with van der Waals surface area (Å²) in [5.74, 6) is -0.544. The molecule has 0 spiro atoms. The van der Waals surface area contributed by atoms with Gasteiger partial charge in [-0.3, -0.25) is 4.79 Å². The Hall–Kier alpha value is -1.43. The van der Waals surface area contributed by atoms with Crippen molar-refractivity contribution in [1.82, 2.24) is 0 Å². The van der Waals surface area contributed by atoms with Crippen molar-refractivity contribution in [2.24, 2.45) is 5.92 Å². The normalized spacial score (nSPS) is 24.8. The molecule has 1 aliphatic heterocycles. The molecule has 2 rings (SSSR count). The molecule has 4 atom stereocenters. The zero-order chi connectivity index (χ0) is 24.8. The lowest BCUT2D eigenvalue weighted by Crippen LogP contribution is -2.54. The first-order valence-corrected chi connectivity index (χ1v) is 14.8. The summed E-state index contributed by atoms with van der Waals surface area (Å²) in [6.07, 6.45) is 3.87. The van der Waals surface area contributed by atoms with Crippen molar-refractivity contribution in [3.63, 3.8) is 0 Å². The van der Waals surface area contributed by atoms with E-state index in [9.17, 15) is 4.79 Å². The third-order valence-corrected chi connectivity index (χ3v) is 13.4. The molecule has 1 aromatic rings. The topological polar surface area (TPSA) is 44.8 Å². The van der Waals surface area contributed by atoms with Crippen LogP contribution in [0.1, 0.15) is 80.2 Å². The molecule has 1 aliphatic rings. The van der Waals surface area contributed by atoms with Gasteiger partial charge >= 0.3 is 0 Å². The highest BCUT2D eigenvalue weighted by molar-refractivity contribution is 6.78. The molecule has 5 heteroatoms. The molecule has 0 bridgehead atoms. The molecule has 0 aromatic heterocycles. The first-order valence-electron chi connectivity index (χ1n) is 12.6. The van der Waals surface area contributed by atoms with E-state index in [1.54, 1.807) is 0 Å². The number of carbonyl (C=O) groups excluding carboxylic acids is 1. The number of hydrogen-bond acceptors (Lipinski definition) is 4. The zero-order valence-electron chi connectivity index (χ0n) is 22.1. The van der Waals surface area contributed by atoms with E-state index in [0.717, 1.165) is 24.8 Å². The number of benzene rings is 1. The van der Waals surface area contributed by atoms with Crippen molar-refractivity contribution in [2.75, 3.05) is 0 Å². The molecule has 186 valence electrons. The van der Waals surface area contributed by atoms with Crippen LogP contribution in [0.5, 0.6) is 0 Å². The zero-order valence-corrected chi connectivity index (χ0v) is 23.1. The molecule has 0 amide bonds. The lowest BCUT2D eigenvalue weighted by Gasteiger charge is -2.46. The van der Waals surface area contributed by atoms with Crippen molar-refractivity contribution < 1.29 is 18.7 Å². The van der Waals surface area contributed by atoms with Gasteiger partial charge in [-0.15, -0.1) is 6.58 Å². The van der Waals surface area contributed by atoms with Crippen LogP contribution in [-0.4, -0.2) is 32.1 Å². The molecule has 33 heavy (non-hydrogen) atoms. The fourth-order valence-electron chi connectivity index (χ4n) is 5.67. The van der Waals surface area contributed by atoms with E-state index in [-0.39, 0.29) is 23.8 Å². The second-order valence-corrected chi connectivity index (χ2v) is 16.3. The average Bonchev–Trinajstić information content (AvgIpc) is 2.76. The smallest absolute Gasteiger partial charge is 0.298 e. The molecule has 0 radical (unpaired) electrons. The standard InChI is InChI=1S/C28H46O4Si/c1-10-17-28(9)18-16-25(30-19-24-14-12-11-13-15-24)26(31-28)23(8)27(29)32-33(20(2)3,21(4)5)22(6)7/h10-15,20-23,25-26H,1,16-19H2,2-9H3/t23-,25+,26-,28+/m1/s1. The lowest BCUT2D eigenvalue weighted by molar-refractivity contribution is -0.204. The molecule has 1 aromatic carbocycles. The van der Waals surface area contributed by atoms with Gasteiger partial charge in [0.25, 0.3) is 14.3 Å². The Morgan fingerprint density at radius 2 is 1.70 bits per heavy atom. The van der Waals surface area contributed by atoms with E-state index in [0.29, 0.717) is 23.2 Å². The van der Waals surface area contributed by atoms with Crippen LogP contribution in [-0.2, 0) is 25.3 Å². The number of hydrogen-bond donors (Lipinski definition) is 0. The molecule has 0 N–H and O–H groups in total. The lowest BCUT2D eigenvalue weighted by atomic mass is 9.85. The van der Waals surface area contributed by atoms with Crippen LogP contribution < -0.4 is 0 Å². The van der Waals surface area contributed by atoms with E-state index < -0.39 is 14.2 Å². The monoisotopic (exact) mass is 474 g/mol. The van der Waals surface area contributed by atoms with Gasteiger partial charge in [-0.2, -0.15) is 0 Å². The predicted octanol–water partition coefficient (Wildman–Crippen LogP) is 7.44. The summed E-state index contributed by atoms with van der Waals surface area (Å²) >= 11 is 0. The fourth-order valence-corrected chi connectivity index (χ4v) is 10.9. The van der Waals surface area contributed by atoms with Crippen molar-refractivity contribution in [3.05, 3.63) is 48.6 Å². The van der Waals surface area contributed by atoms with Crippen molar-refractivity contribution in [3.8, 4) is 0 Å². The number of rotatable bonds is 11. The van der Waals surface area contributed by atoms with Gasteiger partial charge in [0.15, 0.2) is 0 Å². The van der Waals surface area contributed by atoms with Crippen molar-refractivity contribution in [1.29, 1.82) is 0 Å². The van der Waals surface area contributed by atoms with E-state index in [1.165, 1.54) is 0 Å². The van der Waals surface area contributed by atoms with Crippen LogP contribution in [0.15, 0.2) is 43.0 Å². The second-order valence-electron chi connectivity index (χ2n) is 10.9. The Kier molecular flexibility index (Phi) is 9.95. The van der Waals surface area contributed by atoms with Gasteiger partial charge in [0.2, 0.25) is 0 Å². The van der Waals surface area contributed by atoms with E-state index >= 15 is 0 Å². The average molecular weight is 475 g/mol. The summed E-state index contributed by atoms with van der Waals surface area (Å²) in [4.78, 5) is 13.6. The summed E-state index contributed by atoms with van der Waals surface area (Å²) in [5.41, 5.74) is 1.82. The molecule has 1 heterocycles. The minimum atomic E-state index is -2.32. The first kappa shape index (κ1) is 27.8. The number of carbonyl (C=O) groups is 1. The SMILES string of the molecule is C=CC[C@@]1(C)CC[C@H](OCc2ccccc2)[C@@H]([C@@H](C)C(=O)O[Si](C(C)C)(C(C)C)C(C)C)O1. The molecule has 1 saturated heterocycles. The van der Waals surface area contributed by atoms with E-state index in [4.69, 9.17) is 13.9 Å². The van der Waals surface area contributed by atoms with Gasteiger partial charge in [-0.25, -0.2) is 0 Å². The number of ether oxygens (including phenoxy) is 2. The Balaban J connectivity index is 2.25.